The number of aromatic nitrogens is 4. The van der Waals surface area contributed by atoms with Crippen molar-refractivity contribution in [2.24, 2.45) is 0 Å². The number of nitriles is 1. The van der Waals surface area contributed by atoms with E-state index in [9.17, 15) is 10.1 Å². The SMILES string of the molecule is N#CC(=CNc1cccc(C(=O)Nc2ccc(Oc3ccccc3)cc2)c1)c1nn[nH]n1. The third-order valence-corrected chi connectivity index (χ3v) is 4.31. The molecule has 1 heterocycles. The molecule has 0 radical (unpaired) electrons. The summed E-state index contributed by atoms with van der Waals surface area (Å²) in [7, 11) is 0. The zero-order valence-electron chi connectivity index (χ0n) is 16.7. The summed E-state index contributed by atoms with van der Waals surface area (Å²) in [6.07, 6.45) is 1.45. The quantitative estimate of drug-likeness (QED) is 0.380. The van der Waals surface area contributed by atoms with Crippen molar-refractivity contribution in [2.75, 3.05) is 10.6 Å². The van der Waals surface area contributed by atoms with Crippen LogP contribution in [0.25, 0.3) is 5.57 Å². The van der Waals surface area contributed by atoms with Gasteiger partial charge in [-0.3, -0.25) is 4.79 Å². The predicted octanol–water partition coefficient (Wildman–Crippen LogP) is 4.22. The fourth-order valence-corrected chi connectivity index (χ4v) is 2.76. The van der Waals surface area contributed by atoms with Crippen LogP contribution in [0.1, 0.15) is 16.2 Å². The van der Waals surface area contributed by atoms with Crippen LogP contribution >= 0.6 is 0 Å². The molecule has 0 aliphatic rings. The Bertz CT molecular complexity index is 1260. The largest absolute Gasteiger partial charge is 0.457 e. The molecule has 3 N–H and O–H groups in total. The Morgan fingerprint density at radius 3 is 2.47 bits per heavy atom. The Morgan fingerprint density at radius 2 is 1.75 bits per heavy atom. The van der Waals surface area contributed by atoms with E-state index in [0.29, 0.717) is 22.7 Å². The van der Waals surface area contributed by atoms with E-state index in [1.807, 2.05) is 36.4 Å². The van der Waals surface area contributed by atoms with Crippen LogP contribution in [0, 0.1) is 11.3 Å². The van der Waals surface area contributed by atoms with E-state index in [1.54, 1.807) is 48.5 Å². The number of hydrogen-bond acceptors (Lipinski definition) is 7. The van der Waals surface area contributed by atoms with Gasteiger partial charge in [-0.25, -0.2) is 0 Å². The number of anilines is 2. The number of amides is 1. The third-order valence-electron chi connectivity index (χ3n) is 4.31. The first-order chi connectivity index (χ1) is 15.7. The molecule has 0 fully saturated rings. The van der Waals surface area contributed by atoms with Crippen LogP contribution in [0.15, 0.2) is 85.1 Å². The van der Waals surface area contributed by atoms with E-state index in [1.165, 1.54) is 6.20 Å². The number of nitrogens with one attached hydrogen (secondary N) is 3. The van der Waals surface area contributed by atoms with Crippen molar-refractivity contribution in [3.05, 3.63) is 96.5 Å². The number of allylic oxidation sites excluding steroid dienone is 1. The van der Waals surface area contributed by atoms with Gasteiger partial charge in [0, 0.05) is 23.1 Å². The van der Waals surface area contributed by atoms with Gasteiger partial charge in [0.1, 0.15) is 23.1 Å². The second kappa shape index (κ2) is 9.69. The summed E-state index contributed by atoms with van der Waals surface area (Å²) >= 11 is 0. The average molecular weight is 423 g/mol. The highest BCUT2D eigenvalue weighted by molar-refractivity contribution is 6.04. The summed E-state index contributed by atoms with van der Waals surface area (Å²) in [6.45, 7) is 0. The highest BCUT2D eigenvalue weighted by atomic mass is 16.5. The van der Waals surface area contributed by atoms with Crippen LogP contribution < -0.4 is 15.4 Å². The van der Waals surface area contributed by atoms with Crippen LogP contribution in [-0.4, -0.2) is 26.5 Å². The summed E-state index contributed by atoms with van der Waals surface area (Å²) in [4.78, 5) is 12.7. The van der Waals surface area contributed by atoms with Crippen LogP contribution in [0.4, 0.5) is 11.4 Å². The molecule has 0 saturated heterocycles. The number of H-pyrrole nitrogens is 1. The van der Waals surface area contributed by atoms with Crippen molar-refractivity contribution >= 4 is 22.9 Å². The first-order valence-electron chi connectivity index (χ1n) is 9.56. The summed E-state index contributed by atoms with van der Waals surface area (Å²) in [5.74, 6) is 1.31. The molecule has 3 aromatic carbocycles. The van der Waals surface area contributed by atoms with Gasteiger partial charge in [0.2, 0.25) is 5.82 Å². The van der Waals surface area contributed by atoms with Crippen molar-refractivity contribution in [1.82, 2.24) is 20.6 Å². The first kappa shape index (κ1) is 20.3. The Kier molecular flexibility index (Phi) is 6.15. The number of tetrazole rings is 1. The molecule has 1 aromatic heterocycles. The predicted molar refractivity (Wildman–Crippen MR) is 119 cm³/mol. The maximum atomic E-state index is 12.7. The number of ether oxygens (including phenoxy) is 1. The van der Waals surface area contributed by atoms with Gasteiger partial charge in [0.05, 0.1) is 0 Å². The van der Waals surface area contributed by atoms with Gasteiger partial charge in [-0.15, -0.1) is 10.2 Å². The van der Waals surface area contributed by atoms with E-state index in [4.69, 9.17) is 4.74 Å². The molecule has 0 spiro atoms. The molecule has 9 nitrogen and oxygen atoms in total. The topological polar surface area (TPSA) is 129 Å². The lowest BCUT2D eigenvalue weighted by molar-refractivity contribution is 0.102. The number of para-hydroxylation sites is 1. The number of rotatable bonds is 7. The van der Waals surface area contributed by atoms with Gasteiger partial charge < -0.3 is 15.4 Å². The number of nitrogens with zero attached hydrogens (tertiary/aromatic N) is 4. The maximum absolute atomic E-state index is 12.7. The van der Waals surface area contributed by atoms with Crippen LogP contribution in [-0.2, 0) is 0 Å². The Balaban J connectivity index is 1.40. The lowest BCUT2D eigenvalue weighted by Crippen LogP contribution is -2.12. The molecule has 4 rings (SSSR count). The van der Waals surface area contributed by atoms with Gasteiger partial charge in [0.15, 0.2) is 0 Å². The van der Waals surface area contributed by atoms with Gasteiger partial charge in [-0.05, 0) is 59.8 Å². The fraction of sp³-hybridized carbons (Fsp3) is 0. The molecule has 0 aliphatic heterocycles. The van der Waals surface area contributed by atoms with Crippen molar-refractivity contribution in [1.29, 1.82) is 5.26 Å². The Labute approximate surface area is 183 Å². The normalized spacial score (nSPS) is 10.8. The van der Waals surface area contributed by atoms with Gasteiger partial charge in [-0.1, -0.05) is 24.3 Å². The van der Waals surface area contributed by atoms with Crippen molar-refractivity contribution in [2.45, 2.75) is 0 Å². The van der Waals surface area contributed by atoms with E-state index in [-0.39, 0.29) is 17.3 Å². The van der Waals surface area contributed by atoms with Gasteiger partial charge in [-0.2, -0.15) is 10.5 Å². The number of aromatic amines is 1. The average Bonchev–Trinajstić information content (AvgIpc) is 3.36. The first-order valence-corrected chi connectivity index (χ1v) is 9.56. The van der Waals surface area contributed by atoms with Gasteiger partial charge >= 0.3 is 0 Å². The van der Waals surface area contributed by atoms with Crippen molar-refractivity contribution in [3.63, 3.8) is 0 Å². The summed E-state index contributed by atoms with van der Waals surface area (Å²) in [5.41, 5.74) is 1.91. The van der Waals surface area contributed by atoms with E-state index in [0.717, 1.165) is 5.75 Å². The van der Waals surface area contributed by atoms with E-state index < -0.39 is 0 Å². The minimum atomic E-state index is -0.270. The molecule has 0 atom stereocenters. The van der Waals surface area contributed by atoms with Gasteiger partial charge in [0.25, 0.3) is 5.91 Å². The van der Waals surface area contributed by atoms with Crippen LogP contribution in [0.3, 0.4) is 0 Å². The highest BCUT2D eigenvalue weighted by Gasteiger charge is 2.09. The Hall–Kier alpha value is -4.97. The molecule has 156 valence electrons. The minimum Gasteiger partial charge on any atom is -0.457 e. The molecular weight excluding hydrogens is 406 g/mol. The fourth-order valence-electron chi connectivity index (χ4n) is 2.76. The number of carbonyl (C=O) groups excluding carboxylic acids is 1. The molecular formula is C23H17N7O2. The zero-order valence-corrected chi connectivity index (χ0v) is 16.7. The molecule has 1 amide bonds. The summed E-state index contributed by atoms with van der Waals surface area (Å²) in [5, 5.41) is 28.3. The maximum Gasteiger partial charge on any atom is 0.255 e. The monoisotopic (exact) mass is 423 g/mol. The molecule has 32 heavy (non-hydrogen) atoms. The molecule has 9 heteroatoms. The summed E-state index contributed by atoms with van der Waals surface area (Å²) in [6, 6.07) is 25.4. The third kappa shape index (κ3) is 5.14. The lowest BCUT2D eigenvalue weighted by atomic mass is 10.1. The van der Waals surface area contributed by atoms with Crippen LogP contribution in [0.5, 0.6) is 11.5 Å². The number of carbonyl (C=O) groups is 1. The molecule has 0 saturated carbocycles. The van der Waals surface area contributed by atoms with Crippen LogP contribution in [0.2, 0.25) is 0 Å². The zero-order chi connectivity index (χ0) is 22.2. The standard InChI is InChI=1S/C23H17N7O2/c24-14-17(22-27-29-30-28-22)15-25-19-6-4-5-16(13-19)23(31)26-18-9-11-21(12-10-18)32-20-7-2-1-3-8-20/h1-13,15,25H,(H,26,31)(H,27,28,29,30). The van der Waals surface area contributed by atoms with Crippen molar-refractivity contribution in [3.8, 4) is 17.6 Å². The smallest absolute Gasteiger partial charge is 0.255 e. The number of hydrogen-bond donors (Lipinski definition) is 3. The number of benzene rings is 3. The Morgan fingerprint density at radius 1 is 0.969 bits per heavy atom. The molecule has 0 unspecified atom stereocenters. The second-order valence-corrected chi connectivity index (χ2v) is 6.52. The molecule has 4 aromatic rings. The van der Waals surface area contributed by atoms with E-state index >= 15 is 0 Å². The van der Waals surface area contributed by atoms with E-state index in [2.05, 4.69) is 31.3 Å². The summed E-state index contributed by atoms with van der Waals surface area (Å²) < 4.78 is 5.76. The molecule has 0 bridgehead atoms. The highest BCUT2D eigenvalue weighted by Crippen LogP contribution is 2.23. The second-order valence-electron chi connectivity index (χ2n) is 6.52. The van der Waals surface area contributed by atoms with Crippen molar-refractivity contribution < 1.29 is 9.53 Å². The lowest BCUT2D eigenvalue weighted by Gasteiger charge is -2.09. The molecule has 0 aliphatic carbocycles. The minimum absolute atomic E-state index is 0.175.